The Bertz CT molecular complexity index is 980. The molecule has 3 fully saturated rings. The summed E-state index contributed by atoms with van der Waals surface area (Å²) in [5.74, 6) is 7.43. The number of hydrogen-bond donors (Lipinski definition) is 3. The van der Waals surface area contributed by atoms with E-state index in [-0.39, 0.29) is 0 Å². The van der Waals surface area contributed by atoms with Crippen molar-refractivity contribution in [1.82, 2.24) is 14.9 Å². The fraction of sp³-hybridized carbons (Fsp3) is 0.409. The first-order valence-corrected chi connectivity index (χ1v) is 10.0. The van der Waals surface area contributed by atoms with Crippen LogP contribution in [-0.4, -0.2) is 40.1 Å². The number of benzene rings is 1. The maximum Gasteiger partial charge on any atom is 0.130 e. The number of anilines is 1. The Morgan fingerprint density at radius 2 is 2.21 bits per heavy atom. The van der Waals surface area contributed by atoms with Crippen molar-refractivity contribution in [2.24, 2.45) is 17.5 Å². The predicted molar refractivity (Wildman–Crippen MR) is 114 cm³/mol. The third kappa shape index (κ3) is 2.67. The largest absolute Gasteiger partial charge is 0.397 e. The second-order valence-corrected chi connectivity index (χ2v) is 8.56. The molecule has 6 heteroatoms. The number of likely N-dealkylation sites (tertiary alicyclic amines) is 1. The zero-order chi connectivity index (χ0) is 19.5. The Kier molecular flexibility index (Phi) is 3.89. The monoisotopic (exact) mass is 376 g/mol. The van der Waals surface area contributed by atoms with E-state index in [1.807, 2.05) is 18.3 Å². The molecule has 0 amide bonds. The van der Waals surface area contributed by atoms with Gasteiger partial charge in [0.15, 0.2) is 0 Å². The number of pyridine rings is 1. The molecule has 1 aliphatic heterocycles. The van der Waals surface area contributed by atoms with Gasteiger partial charge in [0.05, 0.1) is 5.70 Å². The fourth-order valence-corrected chi connectivity index (χ4v) is 5.46. The fourth-order valence-electron chi connectivity index (χ4n) is 5.46. The van der Waals surface area contributed by atoms with E-state index < -0.39 is 0 Å². The average molecular weight is 377 g/mol. The smallest absolute Gasteiger partial charge is 0.130 e. The highest BCUT2D eigenvalue weighted by Crippen LogP contribution is 2.66. The molecule has 6 nitrogen and oxygen atoms in total. The van der Waals surface area contributed by atoms with Gasteiger partial charge < -0.3 is 16.1 Å². The number of aromatic nitrogens is 1. The van der Waals surface area contributed by atoms with Crippen molar-refractivity contribution < 1.29 is 0 Å². The van der Waals surface area contributed by atoms with Crippen LogP contribution in [0.15, 0.2) is 48.9 Å². The number of nitrogens with zero attached hydrogens (tertiary/aromatic N) is 3. The molecule has 2 saturated carbocycles. The molecule has 1 aromatic carbocycles. The van der Waals surface area contributed by atoms with Crippen LogP contribution in [0.2, 0.25) is 0 Å². The molecule has 28 heavy (non-hydrogen) atoms. The van der Waals surface area contributed by atoms with Gasteiger partial charge in [-0.15, -0.1) is 0 Å². The Hall–Kier alpha value is -2.57. The predicted octanol–water partition coefficient (Wildman–Crippen LogP) is 2.85. The third-order valence-electron chi connectivity index (χ3n) is 6.87. The highest BCUT2D eigenvalue weighted by molar-refractivity contribution is 5.87. The molecule has 2 heterocycles. The van der Waals surface area contributed by atoms with E-state index in [0.717, 1.165) is 46.4 Å². The van der Waals surface area contributed by atoms with Gasteiger partial charge in [-0.25, -0.2) is 10.8 Å². The Labute approximate surface area is 165 Å². The molecule has 5 rings (SSSR count). The number of hydrogen-bond acceptors (Lipinski definition) is 6. The normalized spacial score (nSPS) is 30.4. The Balaban J connectivity index is 1.30. The molecular weight excluding hydrogens is 348 g/mol. The lowest BCUT2D eigenvalue weighted by atomic mass is 9.74. The second kappa shape index (κ2) is 6.22. The van der Waals surface area contributed by atoms with E-state index in [1.165, 1.54) is 30.7 Å². The lowest BCUT2D eigenvalue weighted by Gasteiger charge is -2.36. The summed E-state index contributed by atoms with van der Waals surface area (Å²) in [4.78, 5) is 7.20. The van der Waals surface area contributed by atoms with Gasteiger partial charge in [0.25, 0.3) is 0 Å². The molecule has 146 valence electrons. The first-order valence-electron chi connectivity index (χ1n) is 10.0. The first kappa shape index (κ1) is 17.5. The van der Waals surface area contributed by atoms with Crippen LogP contribution in [0.4, 0.5) is 5.82 Å². The van der Waals surface area contributed by atoms with Crippen molar-refractivity contribution in [1.29, 1.82) is 0 Å². The molecule has 1 aromatic heterocycles. The van der Waals surface area contributed by atoms with Crippen LogP contribution in [0.3, 0.4) is 0 Å². The van der Waals surface area contributed by atoms with Crippen LogP contribution in [0.5, 0.6) is 0 Å². The Morgan fingerprint density at radius 1 is 1.36 bits per heavy atom. The zero-order valence-corrected chi connectivity index (χ0v) is 16.4. The molecule has 0 bridgehead atoms. The van der Waals surface area contributed by atoms with Crippen LogP contribution in [-0.2, 0) is 0 Å². The van der Waals surface area contributed by atoms with Crippen molar-refractivity contribution in [3.05, 3.63) is 54.5 Å². The summed E-state index contributed by atoms with van der Waals surface area (Å²) in [6, 6.07) is 8.93. The number of nitrogens with two attached hydrogens (primary N) is 2. The molecule has 3 aliphatic rings. The van der Waals surface area contributed by atoms with E-state index in [4.69, 9.17) is 11.6 Å². The first-order chi connectivity index (χ1) is 13.5. The lowest BCUT2D eigenvalue weighted by Crippen LogP contribution is -2.38. The topological polar surface area (TPSA) is 83.2 Å². The van der Waals surface area contributed by atoms with Gasteiger partial charge in [-0.3, -0.25) is 4.90 Å². The van der Waals surface area contributed by atoms with Crippen molar-refractivity contribution in [2.45, 2.75) is 37.3 Å². The van der Waals surface area contributed by atoms with E-state index in [1.54, 1.807) is 13.2 Å². The van der Waals surface area contributed by atoms with Crippen molar-refractivity contribution in [3.8, 4) is 0 Å². The summed E-state index contributed by atoms with van der Waals surface area (Å²) >= 11 is 0. The molecule has 2 aromatic rings. The number of hydrazine groups is 1. The van der Waals surface area contributed by atoms with Gasteiger partial charge in [-0.05, 0) is 54.7 Å². The Morgan fingerprint density at radius 3 is 2.93 bits per heavy atom. The maximum atomic E-state index is 6.13. The molecule has 1 spiro atoms. The second-order valence-electron chi connectivity index (χ2n) is 8.56. The van der Waals surface area contributed by atoms with Crippen molar-refractivity contribution in [3.63, 3.8) is 0 Å². The van der Waals surface area contributed by atoms with E-state index in [2.05, 4.69) is 33.9 Å². The minimum Gasteiger partial charge on any atom is -0.397 e. The summed E-state index contributed by atoms with van der Waals surface area (Å²) in [5, 5.41) is 7.02. The summed E-state index contributed by atoms with van der Waals surface area (Å²) in [5.41, 5.74) is 9.25. The third-order valence-corrected chi connectivity index (χ3v) is 6.87. The van der Waals surface area contributed by atoms with Crippen molar-refractivity contribution >= 4 is 22.3 Å². The quantitative estimate of drug-likeness (QED) is 0.408. The molecule has 0 radical (unpaired) electrons. The number of piperidine rings is 1. The standard InChI is InChI=1S/C22H28N6/c1-14(12-28-20-6-5-18-7-8-22(18,20)28)26-21-10-17-9-15(19(23)13-27(2)24)3-4-16(17)11-25-21/h3-4,9-11,13,18,20H,1,5-8,12,23-24H2,2H3,(H,25,26)/b19-13-. The lowest BCUT2D eigenvalue weighted by molar-refractivity contribution is 0.166. The molecule has 4 atom stereocenters. The van der Waals surface area contributed by atoms with Crippen molar-refractivity contribution in [2.75, 3.05) is 18.9 Å². The molecule has 2 aliphatic carbocycles. The van der Waals surface area contributed by atoms with Gasteiger partial charge in [0.1, 0.15) is 5.82 Å². The number of nitrogens with one attached hydrogen (secondary N) is 1. The maximum absolute atomic E-state index is 6.13. The summed E-state index contributed by atoms with van der Waals surface area (Å²) in [6.07, 6.45) is 9.17. The summed E-state index contributed by atoms with van der Waals surface area (Å²) in [7, 11) is 1.75. The molecule has 5 N–H and O–H groups in total. The van der Waals surface area contributed by atoms with E-state index in [9.17, 15) is 0 Å². The number of rotatable bonds is 6. The minimum atomic E-state index is 0.538. The molecular formula is C22H28N6. The van der Waals surface area contributed by atoms with Gasteiger partial charge in [-0.2, -0.15) is 0 Å². The summed E-state index contributed by atoms with van der Waals surface area (Å²) < 4.78 is 0. The van der Waals surface area contributed by atoms with Crippen LogP contribution >= 0.6 is 0 Å². The summed E-state index contributed by atoms with van der Waals surface area (Å²) in [6.45, 7) is 5.17. The molecule has 1 saturated heterocycles. The van der Waals surface area contributed by atoms with Crippen LogP contribution in [0.25, 0.3) is 16.5 Å². The van der Waals surface area contributed by atoms with E-state index >= 15 is 0 Å². The highest BCUT2D eigenvalue weighted by Gasteiger charge is 2.73. The number of fused-ring (bicyclic) bond motifs is 1. The average Bonchev–Trinajstić information content (AvgIpc) is 3.19. The van der Waals surface area contributed by atoms with Gasteiger partial charge in [0, 0.05) is 48.7 Å². The van der Waals surface area contributed by atoms with Crippen LogP contribution < -0.4 is 16.9 Å². The highest BCUT2D eigenvalue weighted by atomic mass is 15.4. The van der Waals surface area contributed by atoms with Gasteiger partial charge in [0.2, 0.25) is 0 Å². The minimum absolute atomic E-state index is 0.538. The molecule has 4 unspecified atom stereocenters. The van der Waals surface area contributed by atoms with Crippen LogP contribution in [0.1, 0.15) is 31.2 Å². The van der Waals surface area contributed by atoms with Gasteiger partial charge >= 0.3 is 0 Å². The van der Waals surface area contributed by atoms with Crippen LogP contribution in [0, 0.1) is 5.92 Å². The zero-order valence-electron chi connectivity index (χ0n) is 16.4. The van der Waals surface area contributed by atoms with E-state index in [0.29, 0.717) is 11.2 Å². The SMILES string of the molecule is C=C(CN1C2CCC3CCC321)Nc1cc2cc(/C(N)=C/N(C)N)ccc2cn1. The van der Waals surface area contributed by atoms with Gasteiger partial charge in [-0.1, -0.05) is 18.7 Å².